The van der Waals surface area contributed by atoms with Gasteiger partial charge in [0.1, 0.15) is 5.75 Å². The van der Waals surface area contributed by atoms with Crippen molar-refractivity contribution in [2.24, 2.45) is 0 Å². The van der Waals surface area contributed by atoms with Crippen LogP contribution >= 0.6 is 0 Å². The van der Waals surface area contributed by atoms with E-state index < -0.39 is 0 Å². The first-order valence-corrected chi connectivity index (χ1v) is 11.1. The molecule has 0 saturated heterocycles. The third kappa shape index (κ3) is 4.36. The number of hydrogen-bond acceptors (Lipinski definition) is 3. The van der Waals surface area contributed by atoms with Crippen LogP contribution in [0.1, 0.15) is 61.3 Å². The van der Waals surface area contributed by atoms with E-state index in [4.69, 9.17) is 4.74 Å². The number of benzene rings is 2. The van der Waals surface area contributed by atoms with Crippen molar-refractivity contribution in [1.29, 1.82) is 0 Å². The SMILES string of the molecule is CCn1cc(CN(C(=O)C2CCc3ccc(OC)cc32)c2ccc(C(C)C)cc2)cn1. The molecule has 1 aliphatic carbocycles. The lowest BCUT2D eigenvalue weighted by Gasteiger charge is -2.26. The summed E-state index contributed by atoms with van der Waals surface area (Å²) in [5.41, 5.74) is 5.57. The molecule has 1 aromatic heterocycles. The summed E-state index contributed by atoms with van der Waals surface area (Å²) < 4.78 is 7.32. The Morgan fingerprint density at radius 1 is 1.23 bits per heavy atom. The Kier molecular flexibility index (Phi) is 6.12. The van der Waals surface area contributed by atoms with E-state index in [1.54, 1.807) is 7.11 Å². The maximum Gasteiger partial charge on any atom is 0.234 e. The van der Waals surface area contributed by atoms with Crippen molar-refractivity contribution in [1.82, 2.24) is 9.78 Å². The number of methoxy groups -OCH3 is 1. The van der Waals surface area contributed by atoms with Gasteiger partial charge in [-0.25, -0.2) is 0 Å². The van der Waals surface area contributed by atoms with Gasteiger partial charge in [0.25, 0.3) is 0 Å². The van der Waals surface area contributed by atoms with Crippen molar-refractivity contribution in [3.8, 4) is 5.75 Å². The second kappa shape index (κ2) is 8.96. The molecular formula is C26H31N3O2. The predicted octanol–water partition coefficient (Wildman–Crippen LogP) is 5.30. The highest BCUT2D eigenvalue weighted by Crippen LogP contribution is 2.38. The molecular weight excluding hydrogens is 386 g/mol. The third-order valence-electron chi connectivity index (χ3n) is 6.22. The molecule has 1 aliphatic rings. The summed E-state index contributed by atoms with van der Waals surface area (Å²) in [6.07, 6.45) is 5.63. The zero-order chi connectivity index (χ0) is 22.0. The number of anilines is 1. The number of amides is 1. The monoisotopic (exact) mass is 417 g/mol. The number of aromatic nitrogens is 2. The molecule has 5 heteroatoms. The normalized spacial score (nSPS) is 15.2. The second-order valence-corrected chi connectivity index (χ2v) is 8.53. The molecule has 0 radical (unpaired) electrons. The highest BCUT2D eigenvalue weighted by Gasteiger charge is 2.33. The number of fused-ring (bicyclic) bond motifs is 1. The molecule has 5 nitrogen and oxygen atoms in total. The van der Waals surface area contributed by atoms with Gasteiger partial charge < -0.3 is 9.64 Å². The summed E-state index contributed by atoms with van der Waals surface area (Å²) in [5.74, 6) is 1.23. The van der Waals surface area contributed by atoms with Crippen LogP contribution in [-0.2, 0) is 24.3 Å². The van der Waals surface area contributed by atoms with Crippen LogP contribution in [0.25, 0.3) is 0 Å². The predicted molar refractivity (Wildman–Crippen MR) is 124 cm³/mol. The molecule has 2 aromatic carbocycles. The van der Waals surface area contributed by atoms with E-state index in [0.717, 1.165) is 42.0 Å². The summed E-state index contributed by atoms with van der Waals surface area (Å²) in [5, 5.41) is 4.40. The number of aryl methyl sites for hydroxylation is 2. The van der Waals surface area contributed by atoms with Crippen molar-refractivity contribution >= 4 is 11.6 Å². The van der Waals surface area contributed by atoms with Crippen LogP contribution < -0.4 is 9.64 Å². The fourth-order valence-electron chi connectivity index (χ4n) is 4.33. The average Bonchev–Trinajstić information content (AvgIpc) is 3.43. The molecule has 0 bridgehead atoms. The van der Waals surface area contributed by atoms with Gasteiger partial charge in [-0.3, -0.25) is 9.48 Å². The summed E-state index contributed by atoms with van der Waals surface area (Å²) in [4.78, 5) is 15.8. The van der Waals surface area contributed by atoms with Crippen molar-refractivity contribution in [3.05, 3.63) is 77.1 Å². The standard InChI is InChI=1S/C26H31N3O2/c1-5-28-16-19(15-27-28)17-29(22-10-6-20(7-11-22)18(2)3)26(30)24-13-9-21-8-12-23(31-4)14-25(21)24/h6-8,10-12,14-16,18,24H,5,9,13,17H2,1-4H3. The van der Waals surface area contributed by atoms with Crippen LogP contribution in [-0.4, -0.2) is 22.8 Å². The molecule has 1 unspecified atom stereocenters. The lowest BCUT2D eigenvalue weighted by atomic mass is 9.98. The van der Waals surface area contributed by atoms with Crippen LogP contribution in [0, 0.1) is 0 Å². The molecule has 3 aromatic rings. The Morgan fingerprint density at radius 2 is 2.00 bits per heavy atom. The molecule has 4 rings (SSSR count). The zero-order valence-electron chi connectivity index (χ0n) is 18.8. The molecule has 0 aliphatic heterocycles. The smallest absolute Gasteiger partial charge is 0.234 e. The number of ether oxygens (including phenoxy) is 1. The Hall–Kier alpha value is -3.08. The van der Waals surface area contributed by atoms with Crippen LogP contribution in [0.5, 0.6) is 5.75 Å². The minimum atomic E-state index is -0.156. The maximum atomic E-state index is 13.9. The minimum Gasteiger partial charge on any atom is -0.497 e. The van der Waals surface area contributed by atoms with Gasteiger partial charge in [0, 0.05) is 24.0 Å². The Morgan fingerprint density at radius 3 is 2.65 bits per heavy atom. The van der Waals surface area contributed by atoms with Crippen LogP contribution in [0.15, 0.2) is 54.9 Å². The van der Waals surface area contributed by atoms with Crippen molar-refractivity contribution in [3.63, 3.8) is 0 Å². The number of carbonyl (C=O) groups is 1. The molecule has 0 fully saturated rings. The number of rotatable bonds is 7. The minimum absolute atomic E-state index is 0.133. The molecule has 1 atom stereocenters. The largest absolute Gasteiger partial charge is 0.497 e. The first kappa shape index (κ1) is 21.2. The fourth-order valence-corrected chi connectivity index (χ4v) is 4.33. The van der Waals surface area contributed by atoms with E-state index in [2.05, 4.69) is 56.2 Å². The van der Waals surface area contributed by atoms with Gasteiger partial charge in [0.15, 0.2) is 0 Å². The Balaban J connectivity index is 1.68. The maximum absolute atomic E-state index is 13.9. The summed E-state index contributed by atoms with van der Waals surface area (Å²) in [7, 11) is 1.67. The molecule has 1 amide bonds. The van der Waals surface area contributed by atoms with Gasteiger partial charge in [-0.05, 0) is 66.6 Å². The summed E-state index contributed by atoms with van der Waals surface area (Å²) in [6.45, 7) is 7.75. The summed E-state index contributed by atoms with van der Waals surface area (Å²) >= 11 is 0. The Labute approximate surface area is 184 Å². The van der Waals surface area contributed by atoms with E-state index >= 15 is 0 Å². The first-order valence-electron chi connectivity index (χ1n) is 11.1. The van der Waals surface area contributed by atoms with E-state index in [-0.39, 0.29) is 11.8 Å². The van der Waals surface area contributed by atoms with Gasteiger partial charge in [0.2, 0.25) is 5.91 Å². The molecule has 1 heterocycles. The van der Waals surface area contributed by atoms with Crippen LogP contribution in [0.2, 0.25) is 0 Å². The lowest BCUT2D eigenvalue weighted by molar-refractivity contribution is -0.120. The van der Waals surface area contributed by atoms with Gasteiger partial charge in [-0.2, -0.15) is 5.10 Å². The van der Waals surface area contributed by atoms with Gasteiger partial charge in [-0.1, -0.05) is 32.0 Å². The van der Waals surface area contributed by atoms with Crippen molar-refractivity contribution < 1.29 is 9.53 Å². The van der Waals surface area contributed by atoms with E-state index in [1.807, 2.05) is 34.1 Å². The molecule has 0 N–H and O–H groups in total. The van der Waals surface area contributed by atoms with Crippen molar-refractivity contribution in [2.75, 3.05) is 12.0 Å². The molecule has 0 saturated carbocycles. The quantitative estimate of drug-likeness (QED) is 0.524. The summed E-state index contributed by atoms with van der Waals surface area (Å²) in [6, 6.07) is 14.5. The van der Waals surface area contributed by atoms with Crippen LogP contribution in [0.3, 0.4) is 0 Å². The second-order valence-electron chi connectivity index (χ2n) is 8.53. The van der Waals surface area contributed by atoms with Gasteiger partial charge in [-0.15, -0.1) is 0 Å². The number of hydrogen-bond donors (Lipinski definition) is 0. The fraction of sp³-hybridized carbons (Fsp3) is 0.385. The number of carbonyl (C=O) groups excluding carboxylic acids is 1. The first-order chi connectivity index (χ1) is 15.0. The topological polar surface area (TPSA) is 47.4 Å². The van der Waals surface area contributed by atoms with Crippen molar-refractivity contribution in [2.45, 2.75) is 58.5 Å². The number of nitrogens with zero attached hydrogens (tertiary/aromatic N) is 3. The molecule has 162 valence electrons. The third-order valence-corrected chi connectivity index (χ3v) is 6.22. The highest BCUT2D eigenvalue weighted by molar-refractivity contribution is 5.98. The zero-order valence-corrected chi connectivity index (χ0v) is 18.8. The average molecular weight is 418 g/mol. The van der Waals surface area contributed by atoms with Gasteiger partial charge >= 0.3 is 0 Å². The Bertz CT molecular complexity index is 1050. The highest BCUT2D eigenvalue weighted by atomic mass is 16.5. The van der Waals surface area contributed by atoms with Crippen LogP contribution in [0.4, 0.5) is 5.69 Å². The van der Waals surface area contributed by atoms with E-state index in [9.17, 15) is 4.79 Å². The molecule has 0 spiro atoms. The molecule has 31 heavy (non-hydrogen) atoms. The lowest BCUT2D eigenvalue weighted by Crippen LogP contribution is -2.34. The van der Waals surface area contributed by atoms with Gasteiger partial charge in [0.05, 0.1) is 25.8 Å². The van der Waals surface area contributed by atoms with E-state index in [0.29, 0.717) is 12.5 Å². The van der Waals surface area contributed by atoms with E-state index in [1.165, 1.54) is 11.1 Å².